The number of fused-ring (bicyclic) bond motifs is 2. The zero-order valence-corrected chi connectivity index (χ0v) is 15.6. The summed E-state index contributed by atoms with van der Waals surface area (Å²) in [5, 5.41) is 10.2. The van der Waals surface area contributed by atoms with Crippen molar-refractivity contribution >= 4 is 28.4 Å². The first-order valence-corrected chi connectivity index (χ1v) is 8.86. The highest BCUT2D eigenvalue weighted by molar-refractivity contribution is 6.18. The fourth-order valence-corrected chi connectivity index (χ4v) is 3.81. The molecule has 1 aliphatic heterocycles. The molecule has 4 nitrogen and oxygen atoms in total. The molecule has 0 saturated heterocycles. The van der Waals surface area contributed by atoms with E-state index in [1.54, 1.807) is 24.8 Å². The minimum Gasteiger partial charge on any atom is -0.396 e. The lowest BCUT2D eigenvalue weighted by Gasteiger charge is -2.33. The van der Waals surface area contributed by atoms with Crippen molar-refractivity contribution in [2.24, 2.45) is 5.92 Å². The van der Waals surface area contributed by atoms with E-state index in [-0.39, 0.29) is 24.2 Å². The van der Waals surface area contributed by atoms with Gasteiger partial charge in [-0.15, -0.1) is 11.6 Å². The van der Waals surface area contributed by atoms with Gasteiger partial charge in [0.1, 0.15) is 5.82 Å². The Labute approximate surface area is 151 Å². The first kappa shape index (κ1) is 18.1. The number of carbonyl (C=O) groups is 1. The number of alkyl halides is 1. The predicted octanol–water partition coefficient (Wildman–Crippen LogP) is 3.63. The molecule has 1 aromatic carbocycles. The summed E-state index contributed by atoms with van der Waals surface area (Å²) in [6.45, 7) is 7.44. The van der Waals surface area contributed by atoms with Crippen LogP contribution in [0.1, 0.15) is 43.2 Å². The SMILES string of the molecule is Cc1cc2c(CCl)c3c(nc2cc1F)C(C)(C)N(C(=O)C(C)CO)C3. The Morgan fingerprint density at radius 3 is 2.76 bits per heavy atom. The summed E-state index contributed by atoms with van der Waals surface area (Å²) in [6, 6.07) is 3.20. The van der Waals surface area contributed by atoms with Gasteiger partial charge in [0.05, 0.1) is 29.3 Å². The molecule has 0 bridgehead atoms. The molecule has 25 heavy (non-hydrogen) atoms. The molecule has 134 valence electrons. The Morgan fingerprint density at radius 1 is 1.48 bits per heavy atom. The zero-order valence-electron chi connectivity index (χ0n) is 14.9. The number of rotatable bonds is 3. The second-order valence-corrected chi connectivity index (χ2v) is 7.50. The number of nitrogens with zero attached hydrogens (tertiary/aromatic N) is 2. The van der Waals surface area contributed by atoms with Crippen LogP contribution in [-0.2, 0) is 22.8 Å². The van der Waals surface area contributed by atoms with Crippen LogP contribution in [-0.4, -0.2) is 27.5 Å². The van der Waals surface area contributed by atoms with Gasteiger partial charge in [-0.2, -0.15) is 0 Å². The van der Waals surface area contributed by atoms with E-state index in [1.807, 2.05) is 13.8 Å². The van der Waals surface area contributed by atoms with Crippen LogP contribution in [0.25, 0.3) is 10.9 Å². The fraction of sp³-hybridized carbons (Fsp3) is 0.474. The van der Waals surface area contributed by atoms with Gasteiger partial charge >= 0.3 is 0 Å². The molecule has 0 saturated carbocycles. The Morgan fingerprint density at radius 2 is 2.16 bits per heavy atom. The average molecular weight is 365 g/mol. The van der Waals surface area contributed by atoms with E-state index in [1.165, 1.54) is 6.07 Å². The number of halogens is 2. The Kier molecular flexibility index (Phi) is 4.50. The third-order valence-corrected chi connectivity index (χ3v) is 5.42. The second kappa shape index (κ2) is 6.22. The maximum absolute atomic E-state index is 14.0. The third-order valence-electron chi connectivity index (χ3n) is 5.15. The van der Waals surface area contributed by atoms with E-state index in [4.69, 9.17) is 11.6 Å². The van der Waals surface area contributed by atoms with Crippen LogP contribution < -0.4 is 0 Å². The maximum Gasteiger partial charge on any atom is 0.228 e. The van der Waals surface area contributed by atoms with E-state index in [0.29, 0.717) is 17.6 Å². The van der Waals surface area contributed by atoms with Gasteiger partial charge in [-0.25, -0.2) is 9.37 Å². The minimum absolute atomic E-state index is 0.127. The molecule has 1 N–H and O–H groups in total. The molecule has 2 heterocycles. The largest absolute Gasteiger partial charge is 0.396 e. The Hall–Kier alpha value is -1.72. The van der Waals surface area contributed by atoms with Gasteiger partial charge < -0.3 is 10.0 Å². The van der Waals surface area contributed by atoms with Crippen molar-refractivity contribution in [3.05, 3.63) is 40.3 Å². The van der Waals surface area contributed by atoms with Crippen LogP contribution in [0.5, 0.6) is 0 Å². The number of pyridine rings is 1. The molecule has 3 rings (SSSR count). The molecule has 1 amide bonds. The molecule has 0 fully saturated rings. The number of hydrogen-bond acceptors (Lipinski definition) is 3. The molecule has 2 aromatic rings. The van der Waals surface area contributed by atoms with Crippen molar-refractivity contribution in [1.29, 1.82) is 0 Å². The molecule has 1 aliphatic rings. The molecular weight excluding hydrogens is 343 g/mol. The van der Waals surface area contributed by atoms with Crippen LogP contribution in [0, 0.1) is 18.7 Å². The number of aliphatic hydroxyl groups excluding tert-OH is 1. The van der Waals surface area contributed by atoms with Gasteiger partial charge in [0, 0.05) is 29.4 Å². The number of aryl methyl sites for hydroxylation is 1. The maximum atomic E-state index is 14.0. The van der Waals surface area contributed by atoms with Gasteiger partial charge in [0.25, 0.3) is 0 Å². The van der Waals surface area contributed by atoms with Crippen LogP contribution >= 0.6 is 11.6 Å². The van der Waals surface area contributed by atoms with Gasteiger partial charge in [-0.1, -0.05) is 6.92 Å². The molecule has 1 aromatic heterocycles. The van der Waals surface area contributed by atoms with Gasteiger partial charge in [-0.3, -0.25) is 4.79 Å². The Bertz CT molecular complexity index is 866. The normalized spacial score (nSPS) is 17.0. The lowest BCUT2D eigenvalue weighted by Crippen LogP contribution is -2.43. The molecule has 0 radical (unpaired) electrons. The summed E-state index contributed by atoms with van der Waals surface area (Å²) >= 11 is 6.23. The van der Waals surface area contributed by atoms with Gasteiger partial charge in [0.15, 0.2) is 0 Å². The minimum atomic E-state index is -0.647. The number of benzene rings is 1. The second-order valence-electron chi connectivity index (χ2n) is 7.24. The van der Waals surface area contributed by atoms with Crippen molar-refractivity contribution in [2.45, 2.75) is 45.7 Å². The van der Waals surface area contributed by atoms with Crippen molar-refractivity contribution in [1.82, 2.24) is 9.88 Å². The zero-order chi connectivity index (χ0) is 18.5. The highest BCUT2D eigenvalue weighted by Gasteiger charge is 2.44. The van der Waals surface area contributed by atoms with Crippen LogP contribution in [0.3, 0.4) is 0 Å². The first-order chi connectivity index (χ1) is 11.7. The van der Waals surface area contributed by atoms with Crippen molar-refractivity contribution in [3.63, 3.8) is 0 Å². The summed E-state index contributed by atoms with van der Waals surface area (Å²) in [5.41, 5.74) is 3.01. The molecule has 6 heteroatoms. The lowest BCUT2D eigenvalue weighted by atomic mass is 9.94. The number of carbonyl (C=O) groups excluding carboxylic acids is 1. The van der Waals surface area contributed by atoms with E-state index in [2.05, 4.69) is 4.98 Å². The van der Waals surface area contributed by atoms with E-state index in [9.17, 15) is 14.3 Å². The van der Waals surface area contributed by atoms with Crippen molar-refractivity contribution < 1.29 is 14.3 Å². The molecular formula is C19H22ClFN2O2. The molecule has 0 spiro atoms. The summed E-state index contributed by atoms with van der Waals surface area (Å²) < 4.78 is 14.0. The molecule has 1 atom stereocenters. The average Bonchev–Trinajstić information content (AvgIpc) is 2.83. The summed E-state index contributed by atoms with van der Waals surface area (Å²) in [4.78, 5) is 19.1. The highest BCUT2D eigenvalue weighted by atomic mass is 35.5. The van der Waals surface area contributed by atoms with Gasteiger partial charge in [-0.05, 0) is 38.0 Å². The molecule has 1 unspecified atom stereocenters. The number of aliphatic hydroxyl groups is 1. The number of hydrogen-bond donors (Lipinski definition) is 1. The summed E-state index contributed by atoms with van der Waals surface area (Å²) in [7, 11) is 0. The van der Waals surface area contributed by atoms with Crippen LogP contribution in [0.2, 0.25) is 0 Å². The predicted molar refractivity (Wildman–Crippen MR) is 95.8 cm³/mol. The molecule has 0 aliphatic carbocycles. The van der Waals surface area contributed by atoms with Crippen LogP contribution in [0.15, 0.2) is 12.1 Å². The highest BCUT2D eigenvalue weighted by Crippen LogP contribution is 2.42. The number of aromatic nitrogens is 1. The fourth-order valence-electron chi connectivity index (χ4n) is 3.51. The van der Waals surface area contributed by atoms with Crippen LogP contribution in [0.4, 0.5) is 4.39 Å². The first-order valence-electron chi connectivity index (χ1n) is 8.32. The topological polar surface area (TPSA) is 53.4 Å². The third kappa shape index (κ3) is 2.70. The quantitative estimate of drug-likeness (QED) is 0.846. The monoisotopic (exact) mass is 364 g/mol. The summed E-state index contributed by atoms with van der Waals surface area (Å²) in [6.07, 6.45) is 0. The Balaban J connectivity index is 2.23. The standard InChI is InChI=1S/C19H22ClFN2O2/c1-10-5-12-13(7-20)14-8-23(18(25)11(2)9-24)19(3,4)17(14)22-16(12)6-15(10)21/h5-6,11,24H,7-9H2,1-4H3. The van der Waals surface area contributed by atoms with E-state index >= 15 is 0 Å². The smallest absolute Gasteiger partial charge is 0.228 e. The lowest BCUT2D eigenvalue weighted by molar-refractivity contribution is -0.141. The van der Waals surface area contributed by atoms with Crippen molar-refractivity contribution in [3.8, 4) is 0 Å². The van der Waals surface area contributed by atoms with E-state index in [0.717, 1.165) is 22.2 Å². The van der Waals surface area contributed by atoms with Crippen molar-refractivity contribution in [2.75, 3.05) is 6.61 Å². The summed E-state index contributed by atoms with van der Waals surface area (Å²) in [5.74, 6) is -0.655. The van der Waals surface area contributed by atoms with E-state index < -0.39 is 11.5 Å². The number of amides is 1. The van der Waals surface area contributed by atoms with Gasteiger partial charge in [0.2, 0.25) is 5.91 Å².